The van der Waals surface area contributed by atoms with Crippen LogP contribution in [0.2, 0.25) is 0 Å². The predicted octanol–water partition coefficient (Wildman–Crippen LogP) is 0.771. The van der Waals surface area contributed by atoms with Gasteiger partial charge in [-0.15, -0.1) is 0 Å². The summed E-state index contributed by atoms with van der Waals surface area (Å²) in [4.78, 5) is 23.0. The third-order valence-electron chi connectivity index (χ3n) is 3.68. The van der Waals surface area contributed by atoms with Crippen molar-refractivity contribution >= 4 is 11.9 Å². The summed E-state index contributed by atoms with van der Waals surface area (Å²) >= 11 is 0. The van der Waals surface area contributed by atoms with Gasteiger partial charge in [-0.25, -0.2) is 0 Å². The van der Waals surface area contributed by atoms with E-state index in [1.807, 2.05) is 20.9 Å². The van der Waals surface area contributed by atoms with E-state index >= 15 is 0 Å². The Morgan fingerprint density at radius 3 is 2.56 bits per heavy atom. The molecule has 0 bridgehead atoms. The summed E-state index contributed by atoms with van der Waals surface area (Å²) in [5, 5.41) is 15.9. The number of carboxylic acids is 1. The van der Waals surface area contributed by atoms with Crippen molar-refractivity contribution in [2.24, 2.45) is 12.5 Å². The Balaban J connectivity index is 2.09. The third kappa shape index (κ3) is 1.87. The number of hydrogen-bond acceptors (Lipinski definition) is 3. The smallest absolute Gasteiger partial charge is 0.319 e. The van der Waals surface area contributed by atoms with Crippen molar-refractivity contribution in [1.29, 1.82) is 0 Å². The molecule has 1 saturated carbocycles. The second kappa shape index (κ2) is 4.12. The van der Waals surface area contributed by atoms with Gasteiger partial charge in [-0.3, -0.25) is 14.3 Å². The van der Waals surface area contributed by atoms with Gasteiger partial charge in [0.25, 0.3) is 0 Å². The Morgan fingerprint density at radius 1 is 1.56 bits per heavy atom. The first-order valence-corrected chi connectivity index (χ1v) is 5.91. The molecule has 18 heavy (non-hydrogen) atoms. The van der Waals surface area contributed by atoms with Crippen molar-refractivity contribution in [3.63, 3.8) is 0 Å². The average Bonchev–Trinajstić information content (AvgIpc) is 3.04. The molecule has 1 aliphatic carbocycles. The number of hydrogen-bond donors (Lipinski definition) is 2. The highest BCUT2D eigenvalue weighted by Crippen LogP contribution is 2.46. The summed E-state index contributed by atoms with van der Waals surface area (Å²) in [5.74, 6) is -1.43. The highest BCUT2D eigenvalue weighted by atomic mass is 16.4. The molecule has 98 valence electrons. The number of aromatic nitrogens is 2. The number of aryl methyl sites for hydroxylation is 1. The van der Waals surface area contributed by atoms with Crippen LogP contribution < -0.4 is 5.32 Å². The van der Waals surface area contributed by atoms with Gasteiger partial charge >= 0.3 is 5.97 Å². The summed E-state index contributed by atoms with van der Waals surface area (Å²) in [6.07, 6.45) is 2.54. The van der Waals surface area contributed by atoms with Crippen LogP contribution in [0.15, 0.2) is 6.20 Å². The maximum Gasteiger partial charge on any atom is 0.319 e. The third-order valence-corrected chi connectivity index (χ3v) is 3.68. The molecular weight excluding hydrogens is 234 g/mol. The molecule has 6 nitrogen and oxygen atoms in total. The SMILES string of the molecule is Cc1c(C(C)NC(=O)C2(C(=O)O)CC2)cnn1C. The van der Waals surface area contributed by atoms with Crippen LogP contribution in [0.5, 0.6) is 0 Å². The van der Waals surface area contributed by atoms with Gasteiger partial charge in [-0.2, -0.15) is 5.10 Å². The molecule has 1 heterocycles. The van der Waals surface area contributed by atoms with Gasteiger partial charge in [-0.1, -0.05) is 0 Å². The fourth-order valence-corrected chi connectivity index (χ4v) is 2.02. The number of carbonyl (C=O) groups excluding carboxylic acids is 1. The second-order valence-electron chi connectivity index (χ2n) is 4.89. The van der Waals surface area contributed by atoms with Gasteiger partial charge in [0, 0.05) is 18.3 Å². The lowest BCUT2D eigenvalue weighted by Crippen LogP contribution is -2.38. The zero-order valence-corrected chi connectivity index (χ0v) is 10.7. The molecule has 1 aromatic rings. The summed E-state index contributed by atoms with van der Waals surface area (Å²) in [5.41, 5.74) is 0.680. The minimum Gasteiger partial charge on any atom is -0.480 e. The first-order chi connectivity index (χ1) is 8.38. The molecule has 2 N–H and O–H groups in total. The minimum atomic E-state index is -1.19. The lowest BCUT2D eigenvalue weighted by atomic mass is 10.0. The quantitative estimate of drug-likeness (QED) is 0.774. The standard InChI is InChI=1S/C12H17N3O3/c1-7(9-6-13-15(3)8(9)2)14-10(16)12(4-5-12)11(17)18/h6-7H,4-5H2,1-3H3,(H,14,16)(H,17,18). The summed E-state index contributed by atoms with van der Waals surface area (Å²) in [6.45, 7) is 3.74. The molecule has 6 heteroatoms. The maximum absolute atomic E-state index is 12.0. The predicted molar refractivity (Wildman–Crippen MR) is 63.8 cm³/mol. The Bertz CT molecular complexity index is 503. The Morgan fingerprint density at radius 2 is 2.17 bits per heavy atom. The Kier molecular flexibility index (Phi) is 2.88. The molecule has 0 saturated heterocycles. The molecular formula is C12H17N3O3. The van der Waals surface area contributed by atoms with Crippen LogP contribution >= 0.6 is 0 Å². The zero-order valence-electron chi connectivity index (χ0n) is 10.7. The number of carbonyl (C=O) groups is 2. The molecule has 1 atom stereocenters. The first-order valence-electron chi connectivity index (χ1n) is 5.91. The van der Waals surface area contributed by atoms with Gasteiger partial charge in [0.1, 0.15) is 5.41 Å². The van der Waals surface area contributed by atoms with E-state index in [2.05, 4.69) is 10.4 Å². The van der Waals surface area contributed by atoms with Gasteiger partial charge in [0.05, 0.1) is 12.2 Å². The number of amides is 1. The van der Waals surface area contributed by atoms with Crippen LogP contribution in [0.1, 0.15) is 37.1 Å². The molecule has 0 spiro atoms. The van der Waals surface area contributed by atoms with E-state index in [1.54, 1.807) is 10.9 Å². The van der Waals surface area contributed by atoms with Gasteiger partial charge < -0.3 is 10.4 Å². The lowest BCUT2D eigenvalue weighted by molar-refractivity contribution is -0.149. The van der Waals surface area contributed by atoms with E-state index < -0.39 is 17.3 Å². The molecule has 0 aliphatic heterocycles. The van der Waals surface area contributed by atoms with E-state index in [9.17, 15) is 9.59 Å². The van der Waals surface area contributed by atoms with Crippen molar-refractivity contribution in [2.45, 2.75) is 32.7 Å². The van der Waals surface area contributed by atoms with E-state index in [0.29, 0.717) is 12.8 Å². The van der Waals surface area contributed by atoms with Crippen LogP contribution in [0.4, 0.5) is 0 Å². The van der Waals surface area contributed by atoms with E-state index in [0.717, 1.165) is 11.3 Å². The van der Waals surface area contributed by atoms with Gasteiger partial charge in [0.15, 0.2) is 0 Å². The molecule has 2 rings (SSSR count). The summed E-state index contributed by atoms with van der Waals surface area (Å²) < 4.78 is 1.72. The molecule has 1 unspecified atom stereocenters. The van der Waals surface area contributed by atoms with Crippen molar-refractivity contribution in [3.8, 4) is 0 Å². The van der Waals surface area contributed by atoms with Crippen LogP contribution in [-0.2, 0) is 16.6 Å². The van der Waals surface area contributed by atoms with Crippen molar-refractivity contribution in [2.75, 3.05) is 0 Å². The molecule has 1 aliphatic rings. The largest absolute Gasteiger partial charge is 0.480 e. The van der Waals surface area contributed by atoms with Crippen LogP contribution in [0.25, 0.3) is 0 Å². The highest BCUT2D eigenvalue weighted by molar-refractivity contribution is 6.04. The number of nitrogens with zero attached hydrogens (tertiary/aromatic N) is 2. The lowest BCUT2D eigenvalue weighted by Gasteiger charge is -2.17. The van der Waals surface area contributed by atoms with Crippen LogP contribution in [-0.4, -0.2) is 26.8 Å². The topological polar surface area (TPSA) is 84.2 Å². The molecule has 1 aromatic heterocycles. The molecule has 0 radical (unpaired) electrons. The first kappa shape index (κ1) is 12.6. The van der Waals surface area contributed by atoms with E-state index in [1.165, 1.54) is 0 Å². The molecule has 1 fully saturated rings. The van der Waals surface area contributed by atoms with Crippen LogP contribution in [0, 0.1) is 12.3 Å². The summed E-state index contributed by atoms with van der Waals surface area (Å²) in [6, 6.07) is -0.233. The van der Waals surface area contributed by atoms with Crippen molar-refractivity contribution < 1.29 is 14.7 Å². The summed E-state index contributed by atoms with van der Waals surface area (Å²) in [7, 11) is 1.83. The number of nitrogens with one attached hydrogen (secondary N) is 1. The second-order valence-corrected chi connectivity index (χ2v) is 4.89. The minimum absolute atomic E-state index is 0.233. The molecule has 0 aromatic carbocycles. The van der Waals surface area contributed by atoms with Crippen LogP contribution in [0.3, 0.4) is 0 Å². The normalized spacial score (nSPS) is 18.2. The zero-order chi connectivity index (χ0) is 13.5. The van der Waals surface area contributed by atoms with Crippen molar-refractivity contribution in [1.82, 2.24) is 15.1 Å². The fourth-order valence-electron chi connectivity index (χ4n) is 2.02. The average molecular weight is 251 g/mol. The number of aliphatic carboxylic acids is 1. The monoisotopic (exact) mass is 251 g/mol. The fraction of sp³-hybridized carbons (Fsp3) is 0.583. The van der Waals surface area contributed by atoms with Gasteiger partial charge in [-0.05, 0) is 26.7 Å². The highest BCUT2D eigenvalue weighted by Gasteiger charge is 2.57. The maximum atomic E-state index is 12.0. The van der Waals surface area contributed by atoms with E-state index in [4.69, 9.17) is 5.11 Å². The number of rotatable bonds is 4. The Hall–Kier alpha value is -1.85. The van der Waals surface area contributed by atoms with Crippen molar-refractivity contribution in [3.05, 3.63) is 17.5 Å². The van der Waals surface area contributed by atoms with Gasteiger partial charge in [0.2, 0.25) is 5.91 Å². The molecule has 1 amide bonds. The van der Waals surface area contributed by atoms with E-state index in [-0.39, 0.29) is 6.04 Å². The Labute approximate surface area is 105 Å². The number of carboxylic acid groups (broad SMARTS) is 1.